The number of benzene rings is 1. The highest BCUT2D eigenvalue weighted by Gasteiger charge is 2.29. The molecule has 1 atom stereocenters. The lowest BCUT2D eigenvalue weighted by Crippen LogP contribution is -2.48. The van der Waals surface area contributed by atoms with E-state index in [1.54, 1.807) is 29.2 Å². The maximum Gasteiger partial charge on any atom is 0.202 e. The fourth-order valence-corrected chi connectivity index (χ4v) is 5.51. The fourth-order valence-electron chi connectivity index (χ4n) is 5.51. The molecule has 2 aliphatic heterocycles. The Bertz CT molecular complexity index is 1530. The van der Waals surface area contributed by atoms with E-state index in [1.165, 1.54) is 0 Å². The molecule has 3 aromatic heterocycles. The van der Waals surface area contributed by atoms with Gasteiger partial charge in [0.1, 0.15) is 12.4 Å². The molecule has 4 aromatic rings. The van der Waals surface area contributed by atoms with Crippen molar-refractivity contribution in [1.29, 1.82) is 0 Å². The van der Waals surface area contributed by atoms with Crippen molar-refractivity contribution in [2.24, 2.45) is 0 Å². The summed E-state index contributed by atoms with van der Waals surface area (Å²) in [6.45, 7) is 3.19. The van der Waals surface area contributed by atoms with Gasteiger partial charge in [-0.3, -0.25) is 14.7 Å². The van der Waals surface area contributed by atoms with Gasteiger partial charge in [0.25, 0.3) is 0 Å². The van der Waals surface area contributed by atoms with Gasteiger partial charge in [-0.15, -0.1) is 0 Å². The highest BCUT2D eigenvalue weighted by molar-refractivity contribution is 5.86. The molecule has 2 N–H and O–H groups in total. The summed E-state index contributed by atoms with van der Waals surface area (Å²) in [5.74, 6) is -1.86. The maximum absolute atomic E-state index is 14.4. The van der Waals surface area contributed by atoms with E-state index in [1.807, 2.05) is 24.3 Å². The van der Waals surface area contributed by atoms with Crippen LogP contribution in [0.4, 0.5) is 20.3 Å². The number of anilines is 2. The van der Waals surface area contributed by atoms with Crippen molar-refractivity contribution in [3.8, 4) is 5.75 Å². The molecule has 1 fully saturated rings. The number of nitrogen functional groups attached to an aromatic ring is 1. The van der Waals surface area contributed by atoms with E-state index in [4.69, 9.17) is 10.5 Å². The SMILES string of the molecule is Nc1ccc(N2CCC[C@H](N(Cc3ccccn3)Cc3cn4c5c(c(F)c(F)cc5c3=O)OCC4)C2)cn1. The van der Waals surface area contributed by atoms with Crippen LogP contribution in [0.15, 0.2) is 59.8 Å². The molecule has 1 aromatic carbocycles. The highest BCUT2D eigenvalue weighted by atomic mass is 19.2. The molecule has 10 heteroatoms. The van der Waals surface area contributed by atoms with E-state index >= 15 is 0 Å². The van der Waals surface area contributed by atoms with Crippen molar-refractivity contribution in [3.63, 3.8) is 0 Å². The number of piperidine rings is 1. The predicted molar refractivity (Wildman–Crippen MR) is 141 cm³/mol. The minimum Gasteiger partial charge on any atom is -0.486 e. The van der Waals surface area contributed by atoms with Gasteiger partial charge in [-0.25, -0.2) is 9.37 Å². The zero-order valence-corrected chi connectivity index (χ0v) is 20.8. The Kier molecular flexibility index (Phi) is 6.40. The second-order valence-electron chi connectivity index (χ2n) is 9.83. The Labute approximate surface area is 218 Å². The van der Waals surface area contributed by atoms with Gasteiger partial charge in [-0.1, -0.05) is 6.07 Å². The lowest BCUT2D eigenvalue weighted by Gasteiger charge is -2.40. The molecular weight excluding hydrogens is 490 g/mol. The van der Waals surface area contributed by atoms with Crippen LogP contribution in [0.3, 0.4) is 0 Å². The molecule has 0 aliphatic carbocycles. The predicted octanol–water partition coefficient (Wildman–Crippen LogP) is 3.72. The molecule has 0 amide bonds. The molecule has 196 valence electrons. The third-order valence-electron chi connectivity index (χ3n) is 7.38. The van der Waals surface area contributed by atoms with Gasteiger partial charge >= 0.3 is 0 Å². The number of rotatable bonds is 6. The monoisotopic (exact) mass is 518 g/mol. The molecule has 0 spiro atoms. The van der Waals surface area contributed by atoms with E-state index in [9.17, 15) is 13.6 Å². The van der Waals surface area contributed by atoms with Crippen LogP contribution >= 0.6 is 0 Å². The van der Waals surface area contributed by atoms with Gasteiger partial charge in [0, 0.05) is 50.2 Å². The average molecular weight is 519 g/mol. The average Bonchev–Trinajstić information content (AvgIpc) is 2.94. The molecule has 0 bridgehead atoms. The number of hydrogen-bond donors (Lipinski definition) is 1. The quantitative estimate of drug-likeness (QED) is 0.416. The number of ether oxygens (including phenoxy) is 1. The molecule has 1 saturated heterocycles. The molecule has 0 saturated carbocycles. The first-order valence-corrected chi connectivity index (χ1v) is 12.7. The summed E-state index contributed by atoms with van der Waals surface area (Å²) in [6.07, 6.45) is 7.24. The third kappa shape index (κ3) is 4.56. The standard InChI is InChI=1S/C28H28F2N6O2/c29-23-12-22-26-28(25(23)30)38-11-10-35(26)14-18(27(22)37)15-36(16-19-4-1-2-8-32-19)21-5-3-9-34(17-21)20-6-7-24(31)33-13-20/h1-2,4,6-8,12-14,21H,3,5,9-11,15-17H2,(H2,31,33)/t21-/m0/s1. The van der Waals surface area contributed by atoms with E-state index in [0.717, 1.165) is 43.4 Å². The van der Waals surface area contributed by atoms with Crippen molar-refractivity contribution >= 4 is 22.4 Å². The zero-order valence-electron chi connectivity index (χ0n) is 20.8. The topological polar surface area (TPSA) is 89.5 Å². The van der Waals surface area contributed by atoms with Crippen LogP contribution in [-0.4, -0.2) is 45.2 Å². The molecular formula is C28H28F2N6O2. The van der Waals surface area contributed by atoms with E-state index in [2.05, 4.69) is 19.8 Å². The Morgan fingerprint density at radius 3 is 2.82 bits per heavy atom. The summed E-state index contributed by atoms with van der Waals surface area (Å²) in [5, 5.41) is 0.132. The van der Waals surface area contributed by atoms with Gasteiger partial charge in [-0.2, -0.15) is 4.39 Å². The molecule has 0 unspecified atom stereocenters. The zero-order chi connectivity index (χ0) is 26.2. The minimum atomic E-state index is -1.08. The first-order valence-electron chi connectivity index (χ1n) is 12.7. The number of halogens is 2. The van der Waals surface area contributed by atoms with Crippen LogP contribution in [0.2, 0.25) is 0 Å². The number of nitrogens with zero attached hydrogens (tertiary/aromatic N) is 5. The fraction of sp³-hybridized carbons (Fsp3) is 0.321. The van der Waals surface area contributed by atoms with Crippen LogP contribution in [-0.2, 0) is 19.6 Å². The summed E-state index contributed by atoms with van der Waals surface area (Å²) >= 11 is 0. The summed E-state index contributed by atoms with van der Waals surface area (Å²) in [6, 6.07) is 10.7. The van der Waals surface area contributed by atoms with Crippen LogP contribution in [0.1, 0.15) is 24.1 Å². The van der Waals surface area contributed by atoms with Crippen molar-refractivity contribution in [1.82, 2.24) is 19.4 Å². The lowest BCUT2D eigenvalue weighted by molar-refractivity contribution is 0.156. The number of pyridine rings is 3. The molecule has 0 radical (unpaired) electrons. The number of nitrogens with two attached hydrogens (primary N) is 1. The molecule has 5 heterocycles. The van der Waals surface area contributed by atoms with Gasteiger partial charge in [-0.05, 0) is 43.2 Å². The Hall–Kier alpha value is -4.05. The third-order valence-corrected chi connectivity index (χ3v) is 7.38. The van der Waals surface area contributed by atoms with Crippen LogP contribution in [0, 0.1) is 11.6 Å². The van der Waals surface area contributed by atoms with Gasteiger partial charge < -0.3 is 19.9 Å². The number of hydrogen-bond acceptors (Lipinski definition) is 7. The molecule has 38 heavy (non-hydrogen) atoms. The Morgan fingerprint density at radius 1 is 1.13 bits per heavy atom. The van der Waals surface area contributed by atoms with Crippen molar-refractivity contribution < 1.29 is 13.5 Å². The minimum absolute atomic E-state index is 0.128. The Morgan fingerprint density at radius 2 is 2.03 bits per heavy atom. The second kappa shape index (κ2) is 10.0. The normalized spacial score (nSPS) is 17.1. The first kappa shape index (κ1) is 24.3. The van der Waals surface area contributed by atoms with Crippen LogP contribution < -0.4 is 20.8 Å². The van der Waals surface area contributed by atoms with E-state index < -0.39 is 11.6 Å². The van der Waals surface area contributed by atoms with E-state index in [0.29, 0.717) is 36.5 Å². The summed E-state index contributed by atoms with van der Waals surface area (Å²) in [7, 11) is 0. The van der Waals surface area contributed by atoms with E-state index in [-0.39, 0.29) is 29.2 Å². The number of aromatic nitrogens is 3. The maximum atomic E-state index is 14.4. The van der Waals surface area contributed by atoms with Crippen molar-refractivity contribution in [2.45, 2.75) is 38.5 Å². The first-order chi connectivity index (χ1) is 18.5. The van der Waals surface area contributed by atoms with Crippen LogP contribution in [0.5, 0.6) is 5.75 Å². The smallest absolute Gasteiger partial charge is 0.202 e. The molecule has 2 aliphatic rings. The highest BCUT2D eigenvalue weighted by Crippen LogP contribution is 2.33. The Balaban J connectivity index is 1.37. The lowest BCUT2D eigenvalue weighted by atomic mass is 10.0. The summed E-state index contributed by atoms with van der Waals surface area (Å²) in [4.78, 5) is 26.9. The second-order valence-corrected chi connectivity index (χ2v) is 9.83. The molecule has 8 nitrogen and oxygen atoms in total. The largest absolute Gasteiger partial charge is 0.486 e. The summed E-state index contributed by atoms with van der Waals surface area (Å²) in [5.41, 5.74) is 8.19. The van der Waals surface area contributed by atoms with Gasteiger partial charge in [0.15, 0.2) is 17.0 Å². The van der Waals surface area contributed by atoms with Gasteiger partial charge in [0.05, 0.1) is 35.0 Å². The summed E-state index contributed by atoms with van der Waals surface area (Å²) < 4.78 is 36.0. The van der Waals surface area contributed by atoms with Crippen LogP contribution in [0.25, 0.3) is 10.9 Å². The van der Waals surface area contributed by atoms with Gasteiger partial charge in [0.2, 0.25) is 5.82 Å². The molecule has 6 rings (SSSR count). The van der Waals surface area contributed by atoms with Crippen molar-refractivity contribution in [3.05, 3.63) is 88.1 Å². The van der Waals surface area contributed by atoms with Crippen molar-refractivity contribution in [2.75, 3.05) is 30.3 Å².